The fourth-order valence-corrected chi connectivity index (χ4v) is 2.81. The van der Waals surface area contributed by atoms with E-state index in [1.54, 1.807) is 6.26 Å². The fourth-order valence-electron chi connectivity index (χ4n) is 1.71. The second-order valence-electron chi connectivity index (χ2n) is 3.71. The number of hydrazine groups is 1. The highest BCUT2D eigenvalue weighted by molar-refractivity contribution is 14.1. The minimum Gasteiger partial charge on any atom is -0.466 e. The Labute approximate surface area is 122 Å². The van der Waals surface area contributed by atoms with Crippen molar-refractivity contribution in [3.05, 3.63) is 55.5 Å². The average molecular weight is 407 g/mol. The second-order valence-corrected chi connectivity index (χ2v) is 5.64. The summed E-state index contributed by atoms with van der Waals surface area (Å²) >= 11 is 5.78. The summed E-state index contributed by atoms with van der Waals surface area (Å²) < 4.78 is 7.58. The summed E-state index contributed by atoms with van der Waals surface area (Å²) in [6.45, 7) is 2.08. The topological polar surface area (TPSA) is 51.2 Å². The Bertz CT molecular complexity index is 527. The van der Waals surface area contributed by atoms with Crippen LogP contribution in [-0.4, -0.2) is 0 Å². The molecule has 0 bridgehead atoms. The summed E-state index contributed by atoms with van der Waals surface area (Å²) in [5, 5.41) is 0. The number of benzene rings is 1. The summed E-state index contributed by atoms with van der Waals surface area (Å²) in [6, 6.07) is 7.87. The van der Waals surface area contributed by atoms with Crippen LogP contribution in [0.5, 0.6) is 0 Å². The lowest BCUT2D eigenvalue weighted by atomic mass is 10.0. The van der Waals surface area contributed by atoms with E-state index in [0.29, 0.717) is 0 Å². The highest BCUT2D eigenvalue weighted by atomic mass is 127. The van der Waals surface area contributed by atoms with Crippen molar-refractivity contribution < 1.29 is 4.42 Å². The van der Waals surface area contributed by atoms with Gasteiger partial charge in [0.1, 0.15) is 11.8 Å². The smallest absolute Gasteiger partial charge is 0.140 e. The molecule has 3 nitrogen and oxygen atoms in total. The van der Waals surface area contributed by atoms with Gasteiger partial charge in [0, 0.05) is 3.57 Å². The van der Waals surface area contributed by atoms with Crippen LogP contribution >= 0.6 is 38.5 Å². The van der Waals surface area contributed by atoms with Crippen molar-refractivity contribution >= 4 is 38.5 Å². The van der Waals surface area contributed by atoms with E-state index >= 15 is 0 Å². The first-order valence-corrected chi connectivity index (χ1v) is 6.96. The molecule has 0 saturated carbocycles. The first-order valence-electron chi connectivity index (χ1n) is 5.09. The molecule has 2 aromatic rings. The molecular weight excluding hydrogens is 395 g/mol. The van der Waals surface area contributed by atoms with Gasteiger partial charge in [-0.15, -0.1) is 0 Å². The molecular formula is C12H12BrIN2O. The molecule has 0 radical (unpaired) electrons. The van der Waals surface area contributed by atoms with E-state index < -0.39 is 0 Å². The van der Waals surface area contributed by atoms with E-state index in [2.05, 4.69) is 56.9 Å². The maximum Gasteiger partial charge on any atom is 0.140 e. The summed E-state index contributed by atoms with van der Waals surface area (Å²) in [5.74, 6) is 6.44. The summed E-state index contributed by atoms with van der Waals surface area (Å²) in [5.41, 5.74) is 5.14. The SMILES string of the molecule is Cc1cccc(C(NN)c2occc2Br)c1I. The van der Waals surface area contributed by atoms with Gasteiger partial charge in [0.2, 0.25) is 0 Å². The van der Waals surface area contributed by atoms with Crippen molar-refractivity contribution in [1.82, 2.24) is 5.43 Å². The number of nitrogens with one attached hydrogen (secondary N) is 1. The van der Waals surface area contributed by atoms with Crippen molar-refractivity contribution in [3.63, 3.8) is 0 Å². The number of hydrogen-bond acceptors (Lipinski definition) is 3. The van der Waals surface area contributed by atoms with Gasteiger partial charge >= 0.3 is 0 Å². The molecule has 2 rings (SSSR count). The molecule has 0 aliphatic rings. The molecule has 0 spiro atoms. The van der Waals surface area contributed by atoms with Crippen molar-refractivity contribution in [2.75, 3.05) is 0 Å². The Morgan fingerprint density at radius 2 is 2.18 bits per heavy atom. The molecule has 0 saturated heterocycles. The Morgan fingerprint density at radius 1 is 1.41 bits per heavy atom. The van der Waals surface area contributed by atoms with E-state index in [9.17, 15) is 0 Å². The number of aryl methyl sites for hydroxylation is 1. The van der Waals surface area contributed by atoms with Crippen LogP contribution in [-0.2, 0) is 0 Å². The molecule has 90 valence electrons. The fraction of sp³-hybridized carbons (Fsp3) is 0.167. The first kappa shape index (κ1) is 13.1. The first-order chi connectivity index (χ1) is 8.15. The average Bonchev–Trinajstić information content (AvgIpc) is 2.72. The van der Waals surface area contributed by atoms with Crippen LogP contribution in [0.3, 0.4) is 0 Å². The van der Waals surface area contributed by atoms with Gasteiger partial charge in [-0.25, -0.2) is 5.43 Å². The van der Waals surface area contributed by atoms with Crippen LogP contribution in [0.15, 0.2) is 39.4 Å². The van der Waals surface area contributed by atoms with E-state index in [1.165, 1.54) is 9.13 Å². The zero-order valence-electron chi connectivity index (χ0n) is 9.21. The van der Waals surface area contributed by atoms with E-state index in [1.807, 2.05) is 18.2 Å². The maximum absolute atomic E-state index is 5.65. The number of rotatable bonds is 3. The Kier molecular flexibility index (Phi) is 4.24. The molecule has 1 aromatic carbocycles. The highest BCUT2D eigenvalue weighted by Gasteiger charge is 2.21. The van der Waals surface area contributed by atoms with Gasteiger partial charge in [0.05, 0.1) is 10.7 Å². The molecule has 0 fully saturated rings. The lowest BCUT2D eigenvalue weighted by Gasteiger charge is -2.17. The number of halogens is 2. The minimum atomic E-state index is -0.147. The largest absolute Gasteiger partial charge is 0.466 e. The molecule has 1 heterocycles. The van der Waals surface area contributed by atoms with Gasteiger partial charge in [-0.2, -0.15) is 0 Å². The maximum atomic E-state index is 5.65. The molecule has 5 heteroatoms. The van der Waals surface area contributed by atoms with Crippen molar-refractivity contribution in [2.24, 2.45) is 5.84 Å². The number of furan rings is 1. The zero-order chi connectivity index (χ0) is 12.4. The molecule has 3 N–H and O–H groups in total. The Morgan fingerprint density at radius 3 is 2.76 bits per heavy atom. The molecule has 17 heavy (non-hydrogen) atoms. The standard InChI is InChI=1S/C12H12BrIN2O/c1-7-3-2-4-8(10(7)14)11(16-15)12-9(13)5-6-17-12/h2-6,11,16H,15H2,1H3. The van der Waals surface area contributed by atoms with E-state index in [0.717, 1.165) is 15.8 Å². The van der Waals surface area contributed by atoms with Crippen molar-refractivity contribution in [1.29, 1.82) is 0 Å². The third-order valence-corrected chi connectivity index (χ3v) is 4.74. The lowest BCUT2D eigenvalue weighted by Crippen LogP contribution is -2.29. The van der Waals surface area contributed by atoms with Crippen LogP contribution in [0.2, 0.25) is 0 Å². The molecule has 0 aliphatic heterocycles. The molecule has 0 aliphatic carbocycles. The number of nitrogens with two attached hydrogens (primary N) is 1. The quantitative estimate of drug-likeness (QED) is 0.466. The van der Waals surface area contributed by atoms with Crippen molar-refractivity contribution in [3.8, 4) is 0 Å². The van der Waals surface area contributed by atoms with Gasteiger partial charge in [-0.3, -0.25) is 5.84 Å². The van der Waals surface area contributed by atoms with Crippen LogP contribution in [0, 0.1) is 10.5 Å². The van der Waals surface area contributed by atoms with Gasteiger partial charge < -0.3 is 4.42 Å². The Hall–Kier alpha value is -0.370. The summed E-state index contributed by atoms with van der Waals surface area (Å²) in [4.78, 5) is 0. The van der Waals surface area contributed by atoms with Crippen LogP contribution in [0.25, 0.3) is 0 Å². The van der Waals surface area contributed by atoms with E-state index in [-0.39, 0.29) is 6.04 Å². The minimum absolute atomic E-state index is 0.147. The monoisotopic (exact) mass is 406 g/mol. The third-order valence-electron chi connectivity index (χ3n) is 2.61. The van der Waals surface area contributed by atoms with Gasteiger partial charge in [-0.05, 0) is 62.6 Å². The Balaban J connectivity index is 2.50. The second kappa shape index (κ2) is 5.51. The predicted molar refractivity (Wildman–Crippen MR) is 79.5 cm³/mol. The molecule has 1 atom stereocenters. The number of hydrogen-bond donors (Lipinski definition) is 2. The normalized spacial score (nSPS) is 12.7. The lowest BCUT2D eigenvalue weighted by molar-refractivity contribution is 0.449. The summed E-state index contributed by atoms with van der Waals surface area (Å²) in [7, 11) is 0. The van der Waals surface area contributed by atoms with Gasteiger partial charge in [0.15, 0.2) is 0 Å². The molecule has 0 amide bonds. The molecule has 1 aromatic heterocycles. The molecule has 1 unspecified atom stereocenters. The van der Waals surface area contributed by atoms with Crippen LogP contribution in [0.1, 0.15) is 22.9 Å². The zero-order valence-corrected chi connectivity index (χ0v) is 12.9. The predicted octanol–water partition coefficient (Wildman–Crippen LogP) is 3.51. The van der Waals surface area contributed by atoms with Crippen LogP contribution < -0.4 is 11.3 Å². The third kappa shape index (κ3) is 2.57. The highest BCUT2D eigenvalue weighted by Crippen LogP contribution is 2.32. The summed E-state index contributed by atoms with van der Waals surface area (Å²) in [6.07, 6.45) is 1.65. The van der Waals surface area contributed by atoms with Gasteiger partial charge in [-0.1, -0.05) is 18.2 Å². The van der Waals surface area contributed by atoms with Gasteiger partial charge in [0.25, 0.3) is 0 Å². The van der Waals surface area contributed by atoms with Crippen LogP contribution in [0.4, 0.5) is 0 Å². The van der Waals surface area contributed by atoms with E-state index in [4.69, 9.17) is 10.3 Å². The van der Waals surface area contributed by atoms with Crippen molar-refractivity contribution in [2.45, 2.75) is 13.0 Å².